The van der Waals surface area contributed by atoms with Crippen molar-refractivity contribution in [3.8, 4) is 0 Å². The summed E-state index contributed by atoms with van der Waals surface area (Å²) in [7, 11) is 0. The summed E-state index contributed by atoms with van der Waals surface area (Å²) in [6.45, 7) is 4.59. The van der Waals surface area contributed by atoms with E-state index < -0.39 is 0 Å². The van der Waals surface area contributed by atoms with E-state index in [0.717, 1.165) is 35.0 Å². The first-order valence-electron chi connectivity index (χ1n) is 8.78. The fourth-order valence-electron chi connectivity index (χ4n) is 3.35. The van der Waals surface area contributed by atoms with Gasteiger partial charge in [-0.1, -0.05) is 6.42 Å². The molecular weight excluding hydrogens is 318 g/mol. The van der Waals surface area contributed by atoms with Crippen LogP contribution < -0.4 is 4.90 Å². The lowest BCUT2D eigenvalue weighted by Crippen LogP contribution is -2.42. The van der Waals surface area contributed by atoms with E-state index in [0.29, 0.717) is 0 Å². The summed E-state index contributed by atoms with van der Waals surface area (Å²) in [4.78, 5) is 19.3. The van der Waals surface area contributed by atoms with Gasteiger partial charge in [-0.2, -0.15) is 0 Å². The second kappa shape index (κ2) is 7.49. The molecule has 24 heavy (non-hydrogen) atoms. The van der Waals surface area contributed by atoms with Gasteiger partial charge in [-0.05, 0) is 49.2 Å². The Labute approximate surface area is 147 Å². The zero-order chi connectivity index (χ0) is 16.2. The second-order valence-corrected chi connectivity index (χ2v) is 7.49. The zero-order valence-electron chi connectivity index (χ0n) is 13.8. The number of rotatable bonds is 4. The molecule has 1 aliphatic carbocycles. The molecule has 0 radical (unpaired) electrons. The van der Waals surface area contributed by atoms with E-state index in [-0.39, 0.29) is 0 Å². The first-order chi connectivity index (χ1) is 11.9. The average molecular weight is 341 g/mol. The van der Waals surface area contributed by atoms with Crippen LogP contribution in [-0.2, 0) is 0 Å². The van der Waals surface area contributed by atoms with Gasteiger partial charge in [-0.25, -0.2) is 15.0 Å². The monoisotopic (exact) mass is 341 g/mol. The van der Waals surface area contributed by atoms with Crippen LogP contribution in [0.4, 0.5) is 5.82 Å². The number of anilines is 1. The maximum Gasteiger partial charge on any atom is 0.192 e. The highest BCUT2D eigenvalue weighted by atomic mass is 32.2. The van der Waals surface area contributed by atoms with E-state index in [1.54, 1.807) is 24.2 Å². The lowest BCUT2D eigenvalue weighted by atomic mass is 9.91. The third-order valence-corrected chi connectivity index (χ3v) is 5.79. The van der Waals surface area contributed by atoms with Crippen molar-refractivity contribution in [1.29, 1.82) is 0 Å². The molecule has 2 fully saturated rings. The van der Waals surface area contributed by atoms with Gasteiger partial charge < -0.3 is 4.90 Å². The van der Waals surface area contributed by atoms with Crippen LogP contribution in [0.3, 0.4) is 0 Å². The van der Waals surface area contributed by atoms with E-state index >= 15 is 0 Å². The Bertz CT molecular complexity index is 644. The number of aromatic nitrogens is 3. The van der Waals surface area contributed by atoms with E-state index in [1.807, 2.05) is 12.3 Å². The standard InChI is InChI=1S/C18H23N5S/c1-4-15(5-1)22-10-3-11-23(13-12-22)17-7-6-16(14-21-17)24-18-19-8-2-9-20-18/h2,6-9,14-15H,1,3-5,10-13H2. The summed E-state index contributed by atoms with van der Waals surface area (Å²) >= 11 is 1.55. The summed E-state index contributed by atoms with van der Waals surface area (Å²) < 4.78 is 0. The van der Waals surface area contributed by atoms with Gasteiger partial charge >= 0.3 is 0 Å². The van der Waals surface area contributed by atoms with E-state index in [9.17, 15) is 0 Å². The van der Waals surface area contributed by atoms with Gasteiger partial charge in [-0.15, -0.1) is 0 Å². The predicted molar refractivity (Wildman–Crippen MR) is 96.4 cm³/mol. The Balaban J connectivity index is 1.37. The van der Waals surface area contributed by atoms with Crippen molar-refractivity contribution in [3.05, 3.63) is 36.8 Å². The van der Waals surface area contributed by atoms with Crippen LogP contribution in [0.2, 0.25) is 0 Å². The van der Waals surface area contributed by atoms with E-state index in [2.05, 4.69) is 36.9 Å². The molecule has 126 valence electrons. The van der Waals surface area contributed by atoms with Gasteiger partial charge in [0.1, 0.15) is 5.82 Å². The van der Waals surface area contributed by atoms with Crippen molar-refractivity contribution in [2.24, 2.45) is 0 Å². The molecule has 6 heteroatoms. The van der Waals surface area contributed by atoms with Crippen molar-refractivity contribution in [2.45, 2.75) is 41.8 Å². The molecule has 1 saturated carbocycles. The third-order valence-electron chi connectivity index (χ3n) is 4.92. The van der Waals surface area contributed by atoms with Gasteiger partial charge in [0.05, 0.1) is 0 Å². The van der Waals surface area contributed by atoms with Crippen molar-refractivity contribution in [2.75, 3.05) is 31.1 Å². The summed E-state index contributed by atoms with van der Waals surface area (Å²) in [6, 6.07) is 6.93. The Morgan fingerprint density at radius 1 is 0.917 bits per heavy atom. The van der Waals surface area contributed by atoms with Gasteiger partial charge in [0.2, 0.25) is 0 Å². The molecule has 2 aromatic heterocycles. The van der Waals surface area contributed by atoms with Crippen molar-refractivity contribution in [3.63, 3.8) is 0 Å². The molecule has 0 N–H and O–H groups in total. The molecule has 0 spiro atoms. The molecule has 0 atom stereocenters. The lowest BCUT2D eigenvalue weighted by molar-refractivity contribution is 0.136. The fraction of sp³-hybridized carbons (Fsp3) is 0.500. The summed E-state index contributed by atoms with van der Waals surface area (Å²) in [5.41, 5.74) is 0. The van der Waals surface area contributed by atoms with Crippen molar-refractivity contribution >= 4 is 17.6 Å². The van der Waals surface area contributed by atoms with Gasteiger partial charge in [-0.3, -0.25) is 4.90 Å². The van der Waals surface area contributed by atoms with Crippen LogP contribution in [0.25, 0.3) is 0 Å². The van der Waals surface area contributed by atoms with Crippen LogP contribution in [0, 0.1) is 0 Å². The molecule has 2 aliphatic rings. The number of nitrogens with zero attached hydrogens (tertiary/aromatic N) is 5. The van der Waals surface area contributed by atoms with Gasteiger partial charge in [0.25, 0.3) is 0 Å². The second-order valence-electron chi connectivity index (χ2n) is 6.45. The molecule has 1 aliphatic heterocycles. The first kappa shape index (κ1) is 15.8. The summed E-state index contributed by atoms with van der Waals surface area (Å²) in [6.07, 6.45) is 10.9. The zero-order valence-corrected chi connectivity index (χ0v) is 14.7. The minimum Gasteiger partial charge on any atom is -0.355 e. The highest BCUT2D eigenvalue weighted by Gasteiger charge is 2.26. The molecule has 4 rings (SSSR count). The molecule has 0 aromatic carbocycles. The quantitative estimate of drug-likeness (QED) is 0.797. The van der Waals surface area contributed by atoms with Crippen LogP contribution in [-0.4, -0.2) is 52.1 Å². The Kier molecular flexibility index (Phi) is 4.94. The first-order valence-corrected chi connectivity index (χ1v) is 9.60. The number of hydrogen-bond donors (Lipinski definition) is 0. The normalized spacial score (nSPS) is 19.8. The Morgan fingerprint density at radius 3 is 2.50 bits per heavy atom. The fourth-order valence-corrected chi connectivity index (χ4v) is 4.03. The van der Waals surface area contributed by atoms with E-state index in [1.165, 1.54) is 38.8 Å². The molecule has 1 saturated heterocycles. The largest absolute Gasteiger partial charge is 0.355 e. The Morgan fingerprint density at radius 2 is 1.79 bits per heavy atom. The smallest absolute Gasteiger partial charge is 0.192 e. The van der Waals surface area contributed by atoms with E-state index in [4.69, 9.17) is 0 Å². The van der Waals surface area contributed by atoms with Crippen LogP contribution in [0.5, 0.6) is 0 Å². The highest BCUT2D eigenvalue weighted by Crippen LogP contribution is 2.27. The topological polar surface area (TPSA) is 45.2 Å². The molecule has 0 amide bonds. The molecule has 2 aromatic rings. The van der Waals surface area contributed by atoms with Crippen molar-refractivity contribution < 1.29 is 0 Å². The molecule has 0 bridgehead atoms. The molecular formula is C18H23N5S. The lowest BCUT2D eigenvalue weighted by Gasteiger charge is -2.36. The molecule has 5 nitrogen and oxygen atoms in total. The number of pyridine rings is 1. The van der Waals surface area contributed by atoms with Crippen LogP contribution >= 0.6 is 11.8 Å². The summed E-state index contributed by atoms with van der Waals surface area (Å²) in [5.74, 6) is 1.09. The summed E-state index contributed by atoms with van der Waals surface area (Å²) in [5, 5.41) is 0.762. The molecule has 0 unspecified atom stereocenters. The third kappa shape index (κ3) is 3.70. The van der Waals surface area contributed by atoms with Crippen molar-refractivity contribution in [1.82, 2.24) is 19.9 Å². The highest BCUT2D eigenvalue weighted by molar-refractivity contribution is 7.99. The average Bonchev–Trinajstić information content (AvgIpc) is 2.81. The SMILES string of the molecule is c1cnc(Sc2ccc(N3CCCN(C4CCC4)CC3)nc2)nc1. The number of hydrogen-bond acceptors (Lipinski definition) is 6. The maximum atomic E-state index is 4.68. The van der Waals surface area contributed by atoms with Crippen LogP contribution in [0.15, 0.2) is 46.8 Å². The Hall–Kier alpha value is -1.66. The minimum absolute atomic E-state index is 0.762. The maximum absolute atomic E-state index is 4.68. The van der Waals surface area contributed by atoms with Crippen LogP contribution in [0.1, 0.15) is 25.7 Å². The molecule has 3 heterocycles. The minimum atomic E-state index is 0.762. The van der Waals surface area contributed by atoms with Gasteiger partial charge in [0.15, 0.2) is 5.16 Å². The predicted octanol–water partition coefficient (Wildman–Crippen LogP) is 3.09. The van der Waals surface area contributed by atoms with Gasteiger partial charge in [0, 0.05) is 55.7 Å².